The number of ether oxygens (including phenoxy) is 2. The molecule has 1 aromatic carbocycles. The molecule has 0 spiro atoms. The fourth-order valence-corrected chi connectivity index (χ4v) is 1.78. The normalized spacial score (nSPS) is 10.3. The van der Waals surface area contributed by atoms with Crippen LogP contribution in [-0.4, -0.2) is 33.2 Å². The van der Waals surface area contributed by atoms with E-state index in [1.807, 2.05) is 19.1 Å². The predicted molar refractivity (Wildman–Crippen MR) is 70.0 cm³/mol. The van der Waals surface area contributed by atoms with Crippen LogP contribution < -0.4 is 9.47 Å². The molecule has 0 bridgehead atoms. The molecule has 0 atom stereocenters. The summed E-state index contributed by atoms with van der Waals surface area (Å²) in [4.78, 5) is 11.1. The topological polar surface area (TPSA) is 86.5 Å². The Kier molecular flexibility index (Phi) is 4.19. The standard InChI is InChI=1S/C13H15N3O4/c1-3-16-9(12(13(17)18)14-15-16)8-20-11-7-5-4-6-10(11)19-2/h4-7H,3,8H2,1-2H3,(H,17,18). The van der Waals surface area contributed by atoms with Crippen molar-refractivity contribution in [1.29, 1.82) is 0 Å². The molecule has 0 unspecified atom stereocenters. The summed E-state index contributed by atoms with van der Waals surface area (Å²) in [6.45, 7) is 2.43. The molecule has 0 aliphatic heterocycles. The second-order valence-corrected chi connectivity index (χ2v) is 3.95. The number of rotatable bonds is 6. The molecule has 2 aromatic rings. The first-order valence-electron chi connectivity index (χ1n) is 6.08. The van der Waals surface area contributed by atoms with Gasteiger partial charge in [-0.2, -0.15) is 0 Å². The van der Waals surface area contributed by atoms with Crippen LogP contribution in [0.15, 0.2) is 24.3 Å². The Bertz CT molecular complexity index is 609. The van der Waals surface area contributed by atoms with Crippen molar-refractivity contribution in [3.05, 3.63) is 35.7 Å². The molecule has 1 N–H and O–H groups in total. The van der Waals surface area contributed by atoms with Gasteiger partial charge in [0.25, 0.3) is 0 Å². The lowest BCUT2D eigenvalue weighted by atomic mass is 10.3. The van der Waals surface area contributed by atoms with Gasteiger partial charge in [-0.05, 0) is 19.1 Å². The van der Waals surface area contributed by atoms with Gasteiger partial charge in [0.05, 0.1) is 7.11 Å². The summed E-state index contributed by atoms with van der Waals surface area (Å²) < 4.78 is 12.3. The molecule has 0 aliphatic carbocycles. The van der Waals surface area contributed by atoms with E-state index in [9.17, 15) is 4.79 Å². The Morgan fingerprint density at radius 1 is 1.35 bits per heavy atom. The van der Waals surface area contributed by atoms with Crippen LogP contribution in [0.1, 0.15) is 23.1 Å². The maximum atomic E-state index is 11.1. The van der Waals surface area contributed by atoms with Crippen molar-refractivity contribution in [3.8, 4) is 11.5 Å². The van der Waals surface area contributed by atoms with Gasteiger partial charge in [-0.3, -0.25) is 0 Å². The van der Waals surface area contributed by atoms with Gasteiger partial charge in [0.15, 0.2) is 17.2 Å². The van der Waals surface area contributed by atoms with Crippen molar-refractivity contribution in [3.63, 3.8) is 0 Å². The van der Waals surface area contributed by atoms with Crippen LogP contribution in [0.2, 0.25) is 0 Å². The van der Waals surface area contributed by atoms with Gasteiger partial charge in [-0.25, -0.2) is 9.48 Å². The van der Waals surface area contributed by atoms with Gasteiger partial charge in [-0.15, -0.1) is 5.10 Å². The molecule has 0 saturated carbocycles. The Labute approximate surface area is 115 Å². The van der Waals surface area contributed by atoms with E-state index in [1.165, 1.54) is 4.68 Å². The molecule has 106 valence electrons. The number of nitrogens with zero attached hydrogens (tertiary/aromatic N) is 3. The number of aryl methyl sites for hydroxylation is 1. The van der Waals surface area contributed by atoms with E-state index in [4.69, 9.17) is 14.6 Å². The summed E-state index contributed by atoms with van der Waals surface area (Å²) in [5, 5.41) is 16.5. The molecule has 1 heterocycles. The highest BCUT2D eigenvalue weighted by Crippen LogP contribution is 2.26. The number of carboxylic acids is 1. The molecular weight excluding hydrogens is 262 g/mol. The second-order valence-electron chi connectivity index (χ2n) is 3.95. The minimum absolute atomic E-state index is 0.0584. The van der Waals surface area contributed by atoms with Crippen LogP contribution >= 0.6 is 0 Å². The molecule has 0 radical (unpaired) electrons. The molecular formula is C13H15N3O4. The number of aromatic carboxylic acids is 1. The van der Waals surface area contributed by atoms with Crippen LogP contribution in [0.4, 0.5) is 0 Å². The smallest absolute Gasteiger partial charge is 0.358 e. The number of methoxy groups -OCH3 is 1. The zero-order chi connectivity index (χ0) is 14.5. The summed E-state index contributed by atoms with van der Waals surface area (Å²) in [5.41, 5.74) is 0.327. The number of carbonyl (C=O) groups is 1. The average molecular weight is 277 g/mol. The van der Waals surface area contributed by atoms with Crippen molar-refractivity contribution < 1.29 is 19.4 Å². The molecule has 2 rings (SSSR count). The van der Waals surface area contributed by atoms with Gasteiger partial charge in [0, 0.05) is 6.54 Å². The lowest BCUT2D eigenvalue weighted by molar-refractivity contribution is 0.0687. The first kappa shape index (κ1) is 13.9. The van der Waals surface area contributed by atoms with E-state index >= 15 is 0 Å². The fourth-order valence-electron chi connectivity index (χ4n) is 1.78. The van der Waals surface area contributed by atoms with Crippen LogP contribution in [0.25, 0.3) is 0 Å². The summed E-state index contributed by atoms with van der Waals surface area (Å²) >= 11 is 0. The average Bonchev–Trinajstić information content (AvgIpc) is 2.88. The summed E-state index contributed by atoms with van der Waals surface area (Å²) in [7, 11) is 1.54. The predicted octanol–water partition coefficient (Wildman–Crippen LogP) is 1.58. The van der Waals surface area contributed by atoms with E-state index in [-0.39, 0.29) is 12.3 Å². The van der Waals surface area contributed by atoms with Crippen molar-refractivity contribution in [2.24, 2.45) is 0 Å². The minimum atomic E-state index is -1.12. The number of para-hydroxylation sites is 2. The quantitative estimate of drug-likeness (QED) is 0.862. The molecule has 7 nitrogen and oxygen atoms in total. The third-order valence-corrected chi connectivity index (χ3v) is 2.77. The van der Waals surface area contributed by atoms with Gasteiger partial charge >= 0.3 is 5.97 Å². The van der Waals surface area contributed by atoms with Gasteiger partial charge in [-0.1, -0.05) is 17.3 Å². The summed E-state index contributed by atoms with van der Waals surface area (Å²) in [6, 6.07) is 7.15. The number of aromatic nitrogens is 3. The number of benzene rings is 1. The van der Waals surface area contributed by atoms with E-state index in [1.54, 1.807) is 19.2 Å². The second kappa shape index (κ2) is 6.05. The van der Waals surface area contributed by atoms with Crippen LogP contribution in [0, 0.1) is 0 Å². The molecule has 0 fully saturated rings. The van der Waals surface area contributed by atoms with Crippen molar-refractivity contribution in [2.45, 2.75) is 20.1 Å². The van der Waals surface area contributed by atoms with Gasteiger partial charge in [0.2, 0.25) is 0 Å². The molecule has 0 saturated heterocycles. The van der Waals surface area contributed by atoms with E-state index < -0.39 is 5.97 Å². The number of carboxylic acid groups (broad SMARTS) is 1. The zero-order valence-corrected chi connectivity index (χ0v) is 11.2. The van der Waals surface area contributed by atoms with Gasteiger partial charge < -0.3 is 14.6 Å². The van der Waals surface area contributed by atoms with E-state index in [2.05, 4.69) is 10.3 Å². The molecule has 1 aromatic heterocycles. The number of hydrogen-bond acceptors (Lipinski definition) is 5. The van der Waals surface area contributed by atoms with Crippen LogP contribution in [0.3, 0.4) is 0 Å². The van der Waals surface area contributed by atoms with Crippen molar-refractivity contribution >= 4 is 5.97 Å². The number of hydrogen-bond donors (Lipinski definition) is 1. The Morgan fingerprint density at radius 2 is 2.05 bits per heavy atom. The molecule has 20 heavy (non-hydrogen) atoms. The molecule has 7 heteroatoms. The van der Waals surface area contributed by atoms with E-state index in [0.29, 0.717) is 23.7 Å². The monoisotopic (exact) mass is 277 g/mol. The van der Waals surface area contributed by atoms with Crippen LogP contribution in [0.5, 0.6) is 11.5 Å². The lowest BCUT2D eigenvalue weighted by Crippen LogP contribution is -2.10. The molecule has 0 amide bonds. The maximum absolute atomic E-state index is 11.1. The Balaban J connectivity index is 2.22. The molecule has 0 aliphatic rings. The first-order chi connectivity index (χ1) is 9.67. The first-order valence-corrected chi connectivity index (χ1v) is 6.08. The highest BCUT2D eigenvalue weighted by Gasteiger charge is 2.19. The van der Waals surface area contributed by atoms with E-state index in [0.717, 1.165) is 0 Å². The fraction of sp³-hybridized carbons (Fsp3) is 0.308. The SMILES string of the molecule is CCn1nnc(C(=O)O)c1COc1ccccc1OC. The lowest BCUT2D eigenvalue weighted by Gasteiger charge is -2.11. The maximum Gasteiger partial charge on any atom is 0.358 e. The van der Waals surface area contributed by atoms with Crippen molar-refractivity contribution in [2.75, 3.05) is 7.11 Å². The van der Waals surface area contributed by atoms with Gasteiger partial charge in [0.1, 0.15) is 12.3 Å². The summed E-state index contributed by atoms with van der Waals surface area (Å²) in [5.74, 6) is -0.00147. The largest absolute Gasteiger partial charge is 0.493 e. The minimum Gasteiger partial charge on any atom is -0.493 e. The highest BCUT2D eigenvalue weighted by molar-refractivity contribution is 5.86. The highest BCUT2D eigenvalue weighted by atomic mass is 16.5. The summed E-state index contributed by atoms with van der Waals surface area (Å²) in [6.07, 6.45) is 0. The third-order valence-electron chi connectivity index (χ3n) is 2.77. The zero-order valence-electron chi connectivity index (χ0n) is 11.2. The Morgan fingerprint density at radius 3 is 2.65 bits per heavy atom. The Hall–Kier alpha value is -2.57. The third kappa shape index (κ3) is 2.71. The van der Waals surface area contributed by atoms with Crippen LogP contribution in [-0.2, 0) is 13.2 Å². The van der Waals surface area contributed by atoms with Crippen molar-refractivity contribution in [1.82, 2.24) is 15.0 Å².